The first kappa shape index (κ1) is 20.6. The minimum Gasteiger partial charge on any atom is -0.619 e. The van der Waals surface area contributed by atoms with Crippen LogP contribution < -0.4 is 9.13 Å². The molecule has 0 amide bonds. The predicted octanol–water partition coefficient (Wildman–Crippen LogP) is 7.01. The van der Waals surface area contributed by atoms with Crippen LogP contribution in [0.1, 0.15) is 0 Å². The van der Waals surface area contributed by atoms with Gasteiger partial charge in [-0.3, -0.25) is 4.98 Å². The highest BCUT2D eigenvalue weighted by molar-refractivity contribution is 6.69. The number of benzene rings is 5. The summed E-state index contributed by atoms with van der Waals surface area (Å²) in [6, 6.07) is 40.9. The molecule has 3 aromatic heterocycles. The topological polar surface area (TPSA) is 35.9 Å². The van der Waals surface area contributed by atoms with Crippen LogP contribution in [0, 0.1) is 0 Å². The Balaban J connectivity index is 1.55. The Bertz CT molecular complexity index is 2230. The summed E-state index contributed by atoms with van der Waals surface area (Å²) in [5, 5.41) is 4.86. The summed E-state index contributed by atoms with van der Waals surface area (Å²) < 4.78 is 14.9. The van der Waals surface area contributed by atoms with Gasteiger partial charge in [0.05, 0.1) is 29.3 Å². The third-order valence-electron chi connectivity index (χ3n) is 8.97. The summed E-state index contributed by atoms with van der Waals surface area (Å²) in [5.41, 5.74) is 9.05. The van der Waals surface area contributed by atoms with Gasteiger partial charge in [0, 0.05) is 43.6 Å². The number of rotatable bonds is 2. The summed E-state index contributed by atoms with van der Waals surface area (Å²) in [5.74, 6) is 0.819. The van der Waals surface area contributed by atoms with Crippen molar-refractivity contribution in [1.82, 2.24) is 13.9 Å². The molecule has 5 aromatic carbocycles. The predicted molar refractivity (Wildman–Crippen MR) is 160 cm³/mol. The zero-order chi connectivity index (χ0) is 26.0. The van der Waals surface area contributed by atoms with Crippen LogP contribution in [-0.4, -0.2) is 20.7 Å². The number of para-hydroxylation sites is 5. The normalized spacial score (nSPS) is 14.2. The Kier molecular flexibility index (Phi) is 3.60. The largest absolute Gasteiger partial charge is 0.687 e. The quantitative estimate of drug-likeness (QED) is 0.234. The van der Waals surface area contributed by atoms with Gasteiger partial charge in [-0.25, -0.2) is 0 Å². The van der Waals surface area contributed by atoms with E-state index in [9.17, 15) is 0 Å². The van der Waals surface area contributed by atoms with Crippen LogP contribution in [0.25, 0.3) is 66.1 Å². The molecule has 186 valence electrons. The molecule has 0 aliphatic carbocycles. The molecule has 5 nitrogen and oxygen atoms in total. The number of hydrogen-bond acceptors (Lipinski definition) is 2. The lowest BCUT2D eigenvalue weighted by Gasteiger charge is -2.45. The fraction of sp³-hybridized carbons (Fsp3) is 0. The molecule has 6 heteroatoms. The Hall–Kier alpha value is -5.36. The molecular weight excluding hydrogens is 491 g/mol. The molecular formula is C34H21BN4O. The average molecular weight is 512 g/mol. The highest BCUT2D eigenvalue weighted by Gasteiger charge is 2.58. The summed E-state index contributed by atoms with van der Waals surface area (Å²) >= 11 is 0. The number of aromatic nitrogens is 4. The first-order valence-corrected chi connectivity index (χ1v) is 13.7. The molecule has 0 atom stereocenters. The maximum absolute atomic E-state index is 7.50. The molecule has 0 saturated heterocycles. The van der Waals surface area contributed by atoms with Crippen molar-refractivity contribution in [2.24, 2.45) is 0 Å². The Labute approximate surface area is 229 Å². The Morgan fingerprint density at radius 1 is 0.525 bits per heavy atom. The van der Waals surface area contributed by atoms with Crippen molar-refractivity contribution < 1.29 is 9.13 Å². The molecule has 8 aromatic rings. The molecule has 0 N–H and O–H groups in total. The highest BCUT2D eigenvalue weighted by atomic mass is 16.5. The van der Waals surface area contributed by atoms with Crippen LogP contribution >= 0.6 is 0 Å². The minimum atomic E-state index is -2.14. The van der Waals surface area contributed by atoms with Crippen LogP contribution in [-0.2, 0) is 0 Å². The maximum Gasteiger partial charge on any atom is 0.687 e. The number of hydrogen-bond donors (Lipinski definition) is 0. The second-order valence-corrected chi connectivity index (χ2v) is 10.8. The monoisotopic (exact) mass is 512 g/mol. The van der Waals surface area contributed by atoms with E-state index in [0.717, 1.165) is 39.3 Å². The molecule has 2 aliphatic rings. The van der Waals surface area contributed by atoms with Crippen LogP contribution in [0.3, 0.4) is 0 Å². The van der Waals surface area contributed by atoms with E-state index < -0.39 is 6.75 Å². The molecule has 0 fully saturated rings. The molecule has 10 rings (SSSR count). The molecule has 0 bridgehead atoms. The second-order valence-electron chi connectivity index (χ2n) is 10.8. The van der Waals surface area contributed by atoms with E-state index in [2.05, 4.69) is 110 Å². The fourth-order valence-electron chi connectivity index (χ4n) is 7.60. The maximum atomic E-state index is 7.50. The van der Waals surface area contributed by atoms with Gasteiger partial charge in [-0.2, -0.15) is 0 Å². The van der Waals surface area contributed by atoms with Gasteiger partial charge < -0.3 is 18.1 Å². The molecule has 0 saturated carbocycles. The third-order valence-corrected chi connectivity index (χ3v) is 8.97. The molecule has 40 heavy (non-hydrogen) atoms. The standard InChI is InChI=1S/C34H21BN4O/c1-2-10-22(11-3-1)40-35-37-31(27-16-8-14-25-23-12-4-6-18-29(23)38(35)33(25)27)20-36-21-32(37)28-17-9-15-26-24-13-5-7-19-30(24)39(35)34(26)28/h1-21H. The van der Waals surface area contributed by atoms with E-state index in [0.29, 0.717) is 0 Å². The Morgan fingerprint density at radius 3 is 1.60 bits per heavy atom. The zero-order valence-corrected chi connectivity index (χ0v) is 21.4. The summed E-state index contributed by atoms with van der Waals surface area (Å²) in [7, 11) is 0. The lowest BCUT2D eigenvalue weighted by Crippen LogP contribution is -2.81. The van der Waals surface area contributed by atoms with Crippen LogP contribution in [0.5, 0.6) is 5.75 Å². The van der Waals surface area contributed by atoms with Crippen molar-refractivity contribution in [3.8, 4) is 28.3 Å². The van der Waals surface area contributed by atoms with Gasteiger partial charge in [-0.15, -0.1) is 0 Å². The summed E-state index contributed by atoms with van der Waals surface area (Å²) in [6.45, 7) is -2.14. The van der Waals surface area contributed by atoms with Gasteiger partial charge in [0.25, 0.3) is 0 Å². The van der Waals surface area contributed by atoms with Crippen molar-refractivity contribution in [2.75, 3.05) is 0 Å². The van der Waals surface area contributed by atoms with Crippen LogP contribution in [0.4, 0.5) is 0 Å². The minimum absolute atomic E-state index is 0.819. The highest BCUT2D eigenvalue weighted by Crippen LogP contribution is 2.46. The van der Waals surface area contributed by atoms with Gasteiger partial charge in [0.15, 0.2) is 11.4 Å². The van der Waals surface area contributed by atoms with Gasteiger partial charge in [-0.1, -0.05) is 78.9 Å². The van der Waals surface area contributed by atoms with Gasteiger partial charge in [-0.05, 0) is 36.4 Å². The van der Waals surface area contributed by atoms with Crippen LogP contribution in [0.15, 0.2) is 128 Å². The second kappa shape index (κ2) is 6.99. The van der Waals surface area contributed by atoms with E-state index in [4.69, 9.17) is 9.64 Å². The lowest BCUT2D eigenvalue weighted by atomic mass is 9.71. The summed E-state index contributed by atoms with van der Waals surface area (Å²) in [4.78, 5) is 4.82. The van der Waals surface area contributed by atoms with Crippen LogP contribution in [0.2, 0.25) is 0 Å². The third kappa shape index (κ3) is 2.21. The van der Waals surface area contributed by atoms with E-state index in [-0.39, 0.29) is 0 Å². The average Bonchev–Trinajstić information content (AvgIpc) is 3.54. The van der Waals surface area contributed by atoms with E-state index >= 15 is 0 Å². The van der Waals surface area contributed by atoms with E-state index in [1.807, 2.05) is 30.6 Å². The lowest BCUT2D eigenvalue weighted by molar-refractivity contribution is -0.542. The molecule has 5 heterocycles. The van der Waals surface area contributed by atoms with Gasteiger partial charge >= 0.3 is 6.75 Å². The SMILES string of the molecule is c1ccc(O[B-]23n4c5ccccc5c5cccc(c54)-c4cncc([n+]42)-c2cccc4c5ccccc5n3c24)cc1. The molecule has 0 unspecified atom stereocenters. The van der Waals surface area contributed by atoms with Crippen molar-refractivity contribution in [3.63, 3.8) is 0 Å². The molecule has 0 spiro atoms. The summed E-state index contributed by atoms with van der Waals surface area (Å²) in [6.07, 6.45) is 4.00. The molecule has 0 radical (unpaired) electrons. The number of nitrogens with zero attached hydrogens (tertiary/aromatic N) is 4. The fourth-order valence-corrected chi connectivity index (χ4v) is 7.60. The van der Waals surface area contributed by atoms with Crippen molar-refractivity contribution in [1.29, 1.82) is 0 Å². The van der Waals surface area contributed by atoms with E-state index in [1.54, 1.807) is 0 Å². The van der Waals surface area contributed by atoms with Gasteiger partial charge in [0.2, 0.25) is 0 Å². The number of fused-ring (bicyclic) bond motifs is 10. The first-order valence-electron chi connectivity index (χ1n) is 13.7. The first-order chi connectivity index (χ1) is 19.9. The van der Waals surface area contributed by atoms with Crippen molar-refractivity contribution in [2.45, 2.75) is 0 Å². The smallest absolute Gasteiger partial charge is 0.619 e. The molecule has 2 aliphatic heterocycles. The Morgan fingerprint density at radius 2 is 1.02 bits per heavy atom. The van der Waals surface area contributed by atoms with Gasteiger partial charge in [0.1, 0.15) is 0 Å². The zero-order valence-electron chi connectivity index (χ0n) is 21.4. The van der Waals surface area contributed by atoms with Crippen molar-refractivity contribution >= 4 is 50.4 Å². The van der Waals surface area contributed by atoms with E-state index in [1.165, 1.54) is 32.6 Å². The van der Waals surface area contributed by atoms with Crippen molar-refractivity contribution in [3.05, 3.63) is 128 Å².